The van der Waals surface area contributed by atoms with Crippen LogP contribution in [0, 0.1) is 0 Å². The molecule has 0 saturated carbocycles. The fourth-order valence-electron chi connectivity index (χ4n) is 10.7. The highest BCUT2D eigenvalue weighted by Gasteiger charge is 2.22. The molecule has 0 N–H and O–H groups in total. The first kappa shape index (κ1) is 38.9. The van der Waals surface area contributed by atoms with E-state index in [9.17, 15) is 0 Å². The minimum Gasteiger partial charge on any atom is -0.456 e. The van der Waals surface area contributed by atoms with Crippen molar-refractivity contribution in [2.75, 3.05) is 0 Å². The molecule has 0 fully saturated rings. The third-order valence-electron chi connectivity index (χ3n) is 13.9. The molecule has 5 heterocycles. The highest BCUT2D eigenvalue weighted by atomic mass is 32.1. The van der Waals surface area contributed by atoms with E-state index in [1.54, 1.807) is 11.3 Å². The van der Waals surface area contributed by atoms with Crippen molar-refractivity contribution >= 4 is 97.2 Å². The summed E-state index contributed by atoms with van der Waals surface area (Å²) in [7, 11) is 0. The summed E-state index contributed by atoms with van der Waals surface area (Å²) in [5.74, 6) is 1.81. The quantitative estimate of drug-likeness (QED) is 0.166. The Bertz CT molecular complexity index is 4600. The summed E-state index contributed by atoms with van der Waals surface area (Å²) in [6, 6.07) is 76.7. The van der Waals surface area contributed by atoms with Gasteiger partial charge in [-0.15, -0.1) is 11.3 Å². The lowest BCUT2D eigenvalue weighted by atomic mass is 9.98. The van der Waals surface area contributed by atoms with Crippen molar-refractivity contribution in [2.45, 2.75) is 0 Å². The average Bonchev–Trinajstić information content (AvgIpc) is 4.20. The van der Waals surface area contributed by atoms with Gasteiger partial charge >= 0.3 is 0 Å². The van der Waals surface area contributed by atoms with E-state index in [2.05, 4.69) is 174 Å². The van der Waals surface area contributed by atoms with E-state index < -0.39 is 0 Å². The van der Waals surface area contributed by atoms with Crippen LogP contribution in [0.15, 0.2) is 227 Å². The SMILES string of the molecule is c1ccc(-c2nc(-c3cccc4oc5ccccc5c34)nc(-c3cccc4sc5c(-c6cccc7c6oc6ccc(-c8ccc9c(c8)c8ccccc8n9-c8ccccc8)cc67)cccc5c34)n2)cc1. The molecular weight excluding hydrogens is 877 g/mol. The van der Waals surface area contributed by atoms with Gasteiger partial charge in [0.25, 0.3) is 0 Å². The van der Waals surface area contributed by atoms with E-state index in [1.165, 1.54) is 26.5 Å². The normalized spacial score (nSPS) is 12.0. The molecule has 0 bridgehead atoms. The zero-order valence-corrected chi connectivity index (χ0v) is 38.1. The zero-order chi connectivity index (χ0) is 45.9. The van der Waals surface area contributed by atoms with Crippen molar-refractivity contribution in [3.63, 3.8) is 0 Å². The molecule has 0 spiro atoms. The van der Waals surface area contributed by atoms with Crippen LogP contribution in [0.1, 0.15) is 0 Å². The monoisotopic (exact) mass is 912 g/mol. The second-order valence-corrected chi connectivity index (χ2v) is 18.9. The van der Waals surface area contributed by atoms with Crippen LogP contribution in [-0.2, 0) is 0 Å². The molecule has 6 nitrogen and oxygen atoms in total. The summed E-state index contributed by atoms with van der Waals surface area (Å²) in [5, 5.41) is 8.89. The van der Waals surface area contributed by atoms with Crippen LogP contribution < -0.4 is 0 Å². The van der Waals surface area contributed by atoms with E-state index in [1.807, 2.05) is 48.5 Å². The Kier molecular flexibility index (Phi) is 8.43. The molecule has 0 aliphatic rings. The fraction of sp³-hybridized carbons (Fsp3) is 0. The standard InChI is InChI=1S/C63H36N4O2S/c1-3-15-37(16-4-1)61-64-62(47-25-13-29-55-57(47)45-20-8-10-28-53(45)68-55)66-63(65-61)48-26-14-30-56-58(48)46-24-12-23-44(60(46)70-56)42-21-11-22-43-50-36-39(32-34-54(50)69-59(42)43)38-31-33-52-49(35-38)41-19-7-9-27-51(41)67(52)40-17-5-2-6-18-40/h1-36H. The van der Waals surface area contributed by atoms with Gasteiger partial charge in [-0.25, -0.2) is 15.0 Å². The molecule has 15 aromatic rings. The van der Waals surface area contributed by atoms with Crippen LogP contribution in [0.4, 0.5) is 0 Å². The number of furan rings is 2. The van der Waals surface area contributed by atoms with E-state index >= 15 is 0 Å². The Morgan fingerprint density at radius 2 is 0.929 bits per heavy atom. The van der Waals surface area contributed by atoms with E-state index in [0.717, 1.165) is 104 Å². The van der Waals surface area contributed by atoms with Gasteiger partial charge in [0.1, 0.15) is 22.3 Å². The number of rotatable bonds is 6. The molecule has 7 heteroatoms. The number of fused-ring (bicyclic) bond motifs is 12. The number of para-hydroxylation sites is 4. The molecule has 0 atom stereocenters. The molecule has 0 amide bonds. The molecule has 5 aromatic heterocycles. The van der Waals surface area contributed by atoms with Gasteiger partial charge in [-0.3, -0.25) is 0 Å². The minimum atomic E-state index is 0.592. The maximum absolute atomic E-state index is 6.85. The smallest absolute Gasteiger partial charge is 0.164 e. The predicted octanol–water partition coefficient (Wildman–Crippen LogP) is 17.5. The summed E-state index contributed by atoms with van der Waals surface area (Å²) < 4.78 is 17.9. The van der Waals surface area contributed by atoms with Crippen LogP contribution in [-0.4, -0.2) is 19.5 Å². The van der Waals surface area contributed by atoms with Gasteiger partial charge in [0, 0.05) is 86.0 Å². The van der Waals surface area contributed by atoms with Crippen molar-refractivity contribution in [3.8, 4) is 62.1 Å². The largest absolute Gasteiger partial charge is 0.456 e. The summed E-state index contributed by atoms with van der Waals surface area (Å²) in [5.41, 5.74) is 14.1. The molecule has 0 aliphatic carbocycles. The molecule has 10 aromatic carbocycles. The summed E-state index contributed by atoms with van der Waals surface area (Å²) in [6.07, 6.45) is 0. The lowest BCUT2D eigenvalue weighted by Gasteiger charge is -2.10. The minimum absolute atomic E-state index is 0.592. The van der Waals surface area contributed by atoms with E-state index in [0.29, 0.717) is 17.5 Å². The van der Waals surface area contributed by atoms with Gasteiger partial charge in [-0.2, -0.15) is 0 Å². The molecule has 326 valence electrons. The second kappa shape index (κ2) is 15.2. The number of aromatic nitrogens is 4. The second-order valence-electron chi connectivity index (χ2n) is 17.8. The Morgan fingerprint density at radius 1 is 0.343 bits per heavy atom. The first-order chi connectivity index (χ1) is 34.7. The molecule has 15 rings (SSSR count). The Labute approximate surface area is 404 Å². The van der Waals surface area contributed by atoms with Crippen molar-refractivity contribution in [2.24, 2.45) is 0 Å². The van der Waals surface area contributed by atoms with Crippen LogP contribution in [0.5, 0.6) is 0 Å². The van der Waals surface area contributed by atoms with E-state index in [4.69, 9.17) is 23.8 Å². The van der Waals surface area contributed by atoms with Gasteiger partial charge in [0.15, 0.2) is 17.5 Å². The zero-order valence-electron chi connectivity index (χ0n) is 37.3. The van der Waals surface area contributed by atoms with Gasteiger partial charge in [-0.1, -0.05) is 158 Å². The van der Waals surface area contributed by atoms with Crippen LogP contribution in [0.25, 0.3) is 148 Å². The van der Waals surface area contributed by atoms with Crippen molar-refractivity contribution in [1.82, 2.24) is 19.5 Å². The van der Waals surface area contributed by atoms with Crippen molar-refractivity contribution in [1.29, 1.82) is 0 Å². The van der Waals surface area contributed by atoms with Gasteiger partial charge in [0.05, 0.1) is 11.0 Å². The first-order valence-corrected chi connectivity index (χ1v) is 24.2. The average molecular weight is 913 g/mol. The highest BCUT2D eigenvalue weighted by molar-refractivity contribution is 7.26. The third-order valence-corrected chi connectivity index (χ3v) is 15.1. The molecule has 0 aliphatic heterocycles. The number of hydrogen-bond donors (Lipinski definition) is 0. The maximum atomic E-state index is 6.85. The number of nitrogens with zero attached hydrogens (tertiary/aromatic N) is 4. The summed E-state index contributed by atoms with van der Waals surface area (Å²) in [4.78, 5) is 15.7. The highest BCUT2D eigenvalue weighted by Crippen LogP contribution is 2.47. The van der Waals surface area contributed by atoms with Gasteiger partial charge in [-0.05, 0) is 71.8 Å². The number of thiophene rings is 1. The van der Waals surface area contributed by atoms with Crippen molar-refractivity contribution < 1.29 is 8.83 Å². The molecule has 70 heavy (non-hydrogen) atoms. The molecular formula is C63H36N4O2S. The third kappa shape index (κ3) is 5.89. The van der Waals surface area contributed by atoms with Gasteiger partial charge < -0.3 is 13.4 Å². The van der Waals surface area contributed by atoms with Crippen LogP contribution >= 0.6 is 11.3 Å². The van der Waals surface area contributed by atoms with Gasteiger partial charge in [0.2, 0.25) is 0 Å². The topological polar surface area (TPSA) is 69.9 Å². The lowest BCUT2D eigenvalue weighted by Crippen LogP contribution is -2.00. The molecule has 0 radical (unpaired) electrons. The Morgan fingerprint density at radius 3 is 1.77 bits per heavy atom. The van der Waals surface area contributed by atoms with E-state index in [-0.39, 0.29) is 0 Å². The Balaban J connectivity index is 0.872. The predicted molar refractivity (Wildman–Crippen MR) is 289 cm³/mol. The molecule has 0 unspecified atom stereocenters. The summed E-state index contributed by atoms with van der Waals surface area (Å²) >= 11 is 1.79. The number of benzene rings is 10. The first-order valence-electron chi connectivity index (χ1n) is 23.4. The Hall–Kier alpha value is -9.17. The maximum Gasteiger partial charge on any atom is 0.164 e. The fourth-order valence-corrected chi connectivity index (χ4v) is 12.0. The molecule has 0 saturated heterocycles. The van der Waals surface area contributed by atoms with Crippen LogP contribution in [0.2, 0.25) is 0 Å². The number of hydrogen-bond acceptors (Lipinski definition) is 6. The summed E-state index contributed by atoms with van der Waals surface area (Å²) in [6.45, 7) is 0. The lowest BCUT2D eigenvalue weighted by molar-refractivity contribution is 0.669. The van der Waals surface area contributed by atoms with Crippen molar-refractivity contribution in [3.05, 3.63) is 218 Å². The van der Waals surface area contributed by atoms with Crippen LogP contribution in [0.3, 0.4) is 0 Å².